The number of allylic oxidation sites excluding steroid dienone is 5. The lowest BCUT2D eigenvalue weighted by atomic mass is 10.0. The van der Waals surface area contributed by atoms with E-state index in [1.165, 1.54) is 225 Å². The number of quaternary nitrogens is 1. The maximum atomic E-state index is 12.9. The number of hydrogen-bond acceptors (Lipinski definition) is 6. The maximum Gasteiger partial charge on any atom is 0.268 e. The molecule has 3 atom stereocenters. The molecule has 0 aromatic heterocycles. The Labute approximate surface area is 429 Å². The Morgan fingerprint density at radius 2 is 0.841 bits per heavy atom. The predicted molar refractivity (Wildman–Crippen MR) is 298 cm³/mol. The van der Waals surface area contributed by atoms with Gasteiger partial charge in [-0.2, -0.15) is 0 Å². The normalized spacial score (nSPS) is 14.1. The fraction of sp³-hybridized carbons (Fsp3) is 0.883. The third-order valence-electron chi connectivity index (χ3n) is 13.6. The maximum absolute atomic E-state index is 12.9. The van der Waals surface area contributed by atoms with E-state index in [0.717, 1.165) is 44.9 Å². The molecule has 0 saturated carbocycles. The number of amides is 1. The molecule has 9 heteroatoms. The van der Waals surface area contributed by atoms with Crippen molar-refractivity contribution in [3.8, 4) is 0 Å². The topological polar surface area (TPSA) is 108 Å². The fourth-order valence-electron chi connectivity index (χ4n) is 8.89. The molecule has 1 amide bonds. The molecule has 0 aliphatic heterocycles. The summed E-state index contributed by atoms with van der Waals surface area (Å²) in [6.07, 6.45) is 66.7. The van der Waals surface area contributed by atoms with E-state index in [4.69, 9.17) is 9.05 Å². The van der Waals surface area contributed by atoms with Crippen LogP contribution in [0.5, 0.6) is 0 Å². The zero-order chi connectivity index (χ0) is 50.6. The van der Waals surface area contributed by atoms with Crippen molar-refractivity contribution >= 4 is 13.7 Å². The molecule has 0 aromatic rings. The third-order valence-corrected chi connectivity index (χ3v) is 14.6. The van der Waals surface area contributed by atoms with E-state index in [1.807, 2.05) is 27.2 Å². The first-order chi connectivity index (χ1) is 33.5. The van der Waals surface area contributed by atoms with Gasteiger partial charge >= 0.3 is 0 Å². The van der Waals surface area contributed by atoms with Crippen LogP contribution in [0.2, 0.25) is 0 Å². The van der Waals surface area contributed by atoms with Crippen LogP contribution >= 0.6 is 7.82 Å². The van der Waals surface area contributed by atoms with E-state index in [0.29, 0.717) is 17.4 Å². The minimum Gasteiger partial charge on any atom is -0.756 e. The van der Waals surface area contributed by atoms with Crippen LogP contribution in [0.25, 0.3) is 0 Å². The molecule has 0 aromatic carbocycles. The van der Waals surface area contributed by atoms with Gasteiger partial charge in [-0.15, -0.1) is 0 Å². The van der Waals surface area contributed by atoms with Gasteiger partial charge in [-0.25, -0.2) is 0 Å². The highest BCUT2D eigenvalue weighted by molar-refractivity contribution is 7.45. The second-order valence-electron chi connectivity index (χ2n) is 21.7. The van der Waals surface area contributed by atoms with Crippen molar-refractivity contribution in [2.45, 2.75) is 302 Å². The number of carbonyl (C=O) groups excluding carboxylic acids is 1. The molecule has 0 radical (unpaired) electrons. The Morgan fingerprint density at radius 1 is 0.507 bits per heavy atom. The largest absolute Gasteiger partial charge is 0.756 e. The molecule has 0 spiro atoms. The van der Waals surface area contributed by atoms with Gasteiger partial charge in [0.1, 0.15) is 13.2 Å². The van der Waals surface area contributed by atoms with Gasteiger partial charge in [0.2, 0.25) is 5.91 Å². The molecule has 0 fully saturated rings. The highest BCUT2D eigenvalue weighted by Gasteiger charge is 2.23. The molecule has 0 aliphatic rings. The van der Waals surface area contributed by atoms with E-state index in [9.17, 15) is 19.4 Å². The van der Waals surface area contributed by atoms with Gasteiger partial charge in [-0.1, -0.05) is 269 Å². The summed E-state index contributed by atoms with van der Waals surface area (Å²) >= 11 is 0. The zero-order valence-corrected chi connectivity index (χ0v) is 47.4. The second-order valence-corrected chi connectivity index (χ2v) is 23.1. The highest BCUT2D eigenvalue weighted by Crippen LogP contribution is 2.38. The number of rotatable bonds is 55. The van der Waals surface area contributed by atoms with Crippen molar-refractivity contribution in [3.05, 3.63) is 36.5 Å². The Morgan fingerprint density at radius 3 is 1.20 bits per heavy atom. The lowest BCUT2D eigenvalue weighted by Gasteiger charge is -2.29. The minimum atomic E-state index is -4.59. The Bertz CT molecular complexity index is 1220. The highest BCUT2D eigenvalue weighted by atomic mass is 31.2. The molecule has 69 heavy (non-hydrogen) atoms. The summed E-state index contributed by atoms with van der Waals surface area (Å²) in [5, 5.41) is 13.8. The predicted octanol–water partition coefficient (Wildman–Crippen LogP) is 17.5. The van der Waals surface area contributed by atoms with Crippen LogP contribution in [0.1, 0.15) is 290 Å². The summed E-state index contributed by atoms with van der Waals surface area (Å²) in [4.78, 5) is 25.4. The van der Waals surface area contributed by atoms with E-state index >= 15 is 0 Å². The van der Waals surface area contributed by atoms with Gasteiger partial charge in [0, 0.05) is 6.42 Å². The van der Waals surface area contributed by atoms with Crippen LogP contribution in [0.3, 0.4) is 0 Å². The first-order valence-corrected chi connectivity index (χ1v) is 31.3. The molecule has 3 unspecified atom stereocenters. The van der Waals surface area contributed by atoms with E-state index < -0.39 is 20.0 Å². The van der Waals surface area contributed by atoms with Crippen molar-refractivity contribution in [3.63, 3.8) is 0 Å². The molecule has 0 rings (SSSR count). The number of phosphoric acid groups is 1. The monoisotopic (exact) mass is 993 g/mol. The molecule has 0 bridgehead atoms. The average molecular weight is 994 g/mol. The van der Waals surface area contributed by atoms with Gasteiger partial charge in [-0.05, 0) is 51.4 Å². The molecule has 0 heterocycles. The summed E-state index contributed by atoms with van der Waals surface area (Å²) in [5.74, 6) is -0.194. The number of nitrogens with one attached hydrogen (secondary N) is 1. The SMILES string of the molecule is CCCCCCC/C=C\C/C=C\CCCCCCCCCCCCCCCCCCCCCCCCCC(=O)NC(COP(=O)([O-])OCC[N+](C)(C)C)C(O)/C=C/CCCCCCCCCCCC. The van der Waals surface area contributed by atoms with Gasteiger partial charge in [0.15, 0.2) is 0 Å². The summed E-state index contributed by atoms with van der Waals surface area (Å²) in [6.45, 7) is 4.65. The van der Waals surface area contributed by atoms with Crippen molar-refractivity contribution in [2.24, 2.45) is 0 Å². The fourth-order valence-corrected chi connectivity index (χ4v) is 9.61. The number of unbranched alkanes of at least 4 members (excludes halogenated alkanes) is 38. The Hall–Kier alpha value is -1.28. The van der Waals surface area contributed by atoms with Gasteiger partial charge in [0.25, 0.3) is 7.82 Å². The lowest BCUT2D eigenvalue weighted by molar-refractivity contribution is -0.870. The number of nitrogens with zero attached hydrogens (tertiary/aromatic N) is 1. The molecule has 8 nitrogen and oxygen atoms in total. The smallest absolute Gasteiger partial charge is 0.268 e. The van der Waals surface area contributed by atoms with E-state index in [2.05, 4.69) is 43.5 Å². The van der Waals surface area contributed by atoms with Gasteiger partial charge in [0.05, 0.1) is 39.9 Å². The van der Waals surface area contributed by atoms with Crippen LogP contribution < -0.4 is 10.2 Å². The number of phosphoric ester groups is 1. The molecule has 408 valence electrons. The first-order valence-electron chi connectivity index (χ1n) is 29.9. The number of likely N-dealkylation sites (N-methyl/N-ethyl adjacent to an activating group) is 1. The summed E-state index contributed by atoms with van der Waals surface area (Å²) in [6, 6.07) is -0.883. The van der Waals surface area contributed by atoms with E-state index in [1.54, 1.807) is 6.08 Å². The summed E-state index contributed by atoms with van der Waals surface area (Å²) in [7, 11) is 1.27. The number of carbonyl (C=O) groups is 1. The molecule has 2 N–H and O–H groups in total. The number of aliphatic hydroxyl groups excluding tert-OH is 1. The molecular weight excluding hydrogens is 876 g/mol. The van der Waals surface area contributed by atoms with Crippen molar-refractivity contribution in [2.75, 3.05) is 40.9 Å². The van der Waals surface area contributed by atoms with Gasteiger partial charge < -0.3 is 28.8 Å². The average Bonchev–Trinajstić information content (AvgIpc) is 3.31. The Balaban J connectivity index is 3.92. The zero-order valence-electron chi connectivity index (χ0n) is 46.5. The quantitative estimate of drug-likeness (QED) is 0.0272. The molecule has 0 aliphatic carbocycles. The van der Waals surface area contributed by atoms with Crippen molar-refractivity contribution < 1.29 is 32.9 Å². The van der Waals surface area contributed by atoms with Crippen LogP contribution in [0.15, 0.2) is 36.5 Å². The molecular formula is C60H117N2O6P. The van der Waals surface area contributed by atoms with Crippen molar-refractivity contribution in [1.29, 1.82) is 0 Å². The first kappa shape index (κ1) is 67.7. The van der Waals surface area contributed by atoms with Gasteiger partial charge in [-0.3, -0.25) is 9.36 Å². The summed E-state index contributed by atoms with van der Waals surface area (Å²) in [5.41, 5.74) is 0. The number of aliphatic hydroxyl groups is 1. The van der Waals surface area contributed by atoms with Crippen LogP contribution in [0.4, 0.5) is 0 Å². The minimum absolute atomic E-state index is 0.000797. The van der Waals surface area contributed by atoms with Crippen LogP contribution in [0, 0.1) is 0 Å². The standard InChI is InChI=1S/C60H117N2O6P/c1-6-8-10-12-14-16-18-20-21-22-23-24-25-26-27-28-29-30-31-32-33-34-35-36-37-38-39-40-41-42-44-46-48-50-52-54-60(64)61-58(57-68-69(65,66)67-56-55-62(3,4)5)59(63)53-51-49-47-45-43-19-17-15-13-11-9-7-2/h18,20,22-23,51,53,58-59,63H,6-17,19,21,24-50,52,54-57H2,1-5H3,(H-,61,64,65,66)/b20-18-,23-22-,53-51+. The number of hydrogen-bond donors (Lipinski definition) is 2. The summed E-state index contributed by atoms with van der Waals surface area (Å²) < 4.78 is 23.3. The lowest BCUT2D eigenvalue weighted by Crippen LogP contribution is -2.45. The van der Waals surface area contributed by atoms with E-state index in [-0.39, 0.29) is 19.1 Å². The third kappa shape index (κ3) is 54.3. The van der Waals surface area contributed by atoms with Crippen LogP contribution in [-0.2, 0) is 18.4 Å². The second kappa shape index (κ2) is 51.6. The van der Waals surface area contributed by atoms with Crippen molar-refractivity contribution in [1.82, 2.24) is 5.32 Å². The van der Waals surface area contributed by atoms with Crippen LogP contribution in [-0.4, -0.2) is 68.5 Å². The Kier molecular flexibility index (Phi) is 50.7. The molecule has 0 saturated heterocycles.